The first kappa shape index (κ1) is 23.7. The minimum atomic E-state index is -0.285. The zero-order chi connectivity index (χ0) is 19.7. The van der Waals surface area contributed by atoms with Crippen molar-refractivity contribution in [3.05, 3.63) is 53.9 Å². The molecule has 0 radical (unpaired) electrons. The van der Waals surface area contributed by atoms with Gasteiger partial charge in [-0.2, -0.15) is 0 Å². The van der Waals surface area contributed by atoms with Crippen LogP contribution in [-0.2, 0) is 17.9 Å². The lowest BCUT2D eigenvalue weighted by Crippen LogP contribution is -2.43. The molecule has 28 heavy (non-hydrogen) atoms. The Morgan fingerprint density at radius 2 is 1.86 bits per heavy atom. The summed E-state index contributed by atoms with van der Waals surface area (Å²) in [5, 5.41) is 6.23. The molecule has 0 fully saturated rings. The van der Waals surface area contributed by atoms with Gasteiger partial charge < -0.3 is 20.1 Å². The van der Waals surface area contributed by atoms with Crippen LogP contribution in [0.25, 0.3) is 0 Å². The van der Waals surface area contributed by atoms with E-state index < -0.39 is 0 Å². The number of benzene rings is 1. The number of pyridine rings is 1. The van der Waals surface area contributed by atoms with Crippen molar-refractivity contribution in [2.24, 2.45) is 0 Å². The second kappa shape index (κ2) is 11.5. The van der Waals surface area contributed by atoms with E-state index in [0.717, 1.165) is 11.3 Å². The van der Waals surface area contributed by atoms with Crippen molar-refractivity contribution in [1.82, 2.24) is 15.6 Å². The number of nitrogens with one attached hydrogen (secondary N) is 2. The largest absolute Gasteiger partial charge is 0.490 e. The minimum absolute atomic E-state index is 0. The van der Waals surface area contributed by atoms with Gasteiger partial charge in [-0.05, 0) is 57.5 Å². The van der Waals surface area contributed by atoms with Crippen LogP contribution in [-0.4, -0.2) is 29.6 Å². The Hall–Kier alpha value is -2.31. The number of aromatic nitrogens is 1. The second-order valence-corrected chi connectivity index (χ2v) is 7.23. The van der Waals surface area contributed by atoms with Crippen LogP contribution in [0, 0.1) is 0 Å². The average molecular weight is 408 g/mol. The molecule has 0 saturated heterocycles. The number of ether oxygens (including phenoxy) is 2. The molecule has 2 aromatic rings. The van der Waals surface area contributed by atoms with Crippen LogP contribution in [0.4, 0.5) is 0 Å². The van der Waals surface area contributed by atoms with Gasteiger partial charge in [-0.3, -0.25) is 9.78 Å². The second-order valence-electron chi connectivity index (χ2n) is 7.23. The van der Waals surface area contributed by atoms with Crippen molar-refractivity contribution in [1.29, 1.82) is 0 Å². The van der Waals surface area contributed by atoms with Crippen LogP contribution in [0.15, 0.2) is 42.6 Å². The number of carbonyl (C=O) groups excluding carboxylic acids is 1. The molecule has 6 nitrogen and oxygen atoms in total. The lowest BCUT2D eigenvalue weighted by atomic mass is 10.1. The first-order valence-corrected chi connectivity index (χ1v) is 9.17. The molecule has 0 saturated carbocycles. The fraction of sp³-hybridized carbons (Fsp3) is 0.429. The Kier molecular flexibility index (Phi) is 9.76. The van der Waals surface area contributed by atoms with Crippen LogP contribution in [0.5, 0.6) is 11.5 Å². The maximum Gasteiger partial charge on any atom is 0.258 e. The summed E-state index contributed by atoms with van der Waals surface area (Å²) in [4.78, 5) is 16.2. The van der Waals surface area contributed by atoms with Crippen LogP contribution in [0.1, 0.15) is 39.0 Å². The van der Waals surface area contributed by atoms with Gasteiger partial charge in [0, 0.05) is 24.8 Å². The molecule has 1 heterocycles. The van der Waals surface area contributed by atoms with E-state index >= 15 is 0 Å². The lowest BCUT2D eigenvalue weighted by molar-refractivity contribution is -0.124. The first-order chi connectivity index (χ1) is 12.9. The fourth-order valence-electron chi connectivity index (χ4n) is 2.49. The summed E-state index contributed by atoms with van der Waals surface area (Å²) in [6, 6.07) is 11.6. The third-order valence-electron chi connectivity index (χ3n) is 3.54. The molecular formula is C21H30ClN3O3. The number of hydrogen-bond donors (Lipinski definition) is 2. The van der Waals surface area contributed by atoms with Crippen molar-refractivity contribution in [3.63, 3.8) is 0 Å². The number of carbonyl (C=O) groups is 1. The molecule has 1 aromatic heterocycles. The topological polar surface area (TPSA) is 72.5 Å². The standard InChI is InChI=1S/C21H29N3O3.ClH/c1-5-26-19-12-16(13-22-14-17-8-6-7-11-23-17)9-10-18(19)27-15-20(25)24-21(2,3)4;/h6-12,22H,5,13-15H2,1-4H3,(H,24,25);1H. The highest BCUT2D eigenvalue weighted by Crippen LogP contribution is 2.28. The highest BCUT2D eigenvalue weighted by molar-refractivity contribution is 5.85. The van der Waals surface area contributed by atoms with Crippen LogP contribution in [0.2, 0.25) is 0 Å². The molecule has 154 valence electrons. The zero-order valence-corrected chi connectivity index (χ0v) is 17.8. The molecule has 2 N–H and O–H groups in total. The summed E-state index contributed by atoms with van der Waals surface area (Å²) in [6.45, 7) is 9.57. The summed E-state index contributed by atoms with van der Waals surface area (Å²) in [5.41, 5.74) is 1.78. The van der Waals surface area contributed by atoms with Crippen LogP contribution >= 0.6 is 12.4 Å². The highest BCUT2D eigenvalue weighted by atomic mass is 35.5. The van der Waals surface area contributed by atoms with Gasteiger partial charge in [0.1, 0.15) is 0 Å². The normalized spacial score (nSPS) is 10.7. The van der Waals surface area contributed by atoms with Gasteiger partial charge in [-0.15, -0.1) is 12.4 Å². The number of nitrogens with zero attached hydrogens (tertiary/aromatic N) is 1. The SMILES string of the molecule is CCOc1cc(CNCc2ccccn2)ccc1OCC(=O)NC(C)(C)C.Cl. The summed E-state index contributed by atoms with van der Waals surface area (Å²) in [6.07, 6.45) is 1.78. The van der Waals surface area contributed by atoms with Gasteiger partial charge >= 0.3 is 0 Å². The van der Waals surface area contributed by atoms with Gasteiger partial charge in [-0.25, -0.2) is 0 Å². The number of amides is 1. The average Bonchev–Trinajstić information content (AvgIpc) is 2.61. The summed E-state index contributed by atoms with van der Waals surface area (Å²) >= 11 is 0. The summed E-state index contributed by atoms with van der Waals surface area (Å²) in [7, 11) is 0. The van der Waals surface area contributed by atoms with E-state index in [1.54, 1.807) is 6.20 Å². The van der Waals surface area contributed by atoms with E-state index in [-0.39, 0.29) is 30.5 Å². The molecule has 1 aromatic carbocycles. The van der Waals surface area contributed by atoms with Gasteiger partial charge in [0.15, 0.2) is 18.1 Å². The summed E-state index contributed by atoms with van der Waals surface area (Å²) < 4.78 is 11.3. The van der Waals surface area contributed by atoms with Crippen molar-refractivity contribution in [3.8, 4) is 11.5 Å². The van der Waals surface area contributed by atoms with E-state index in [2.05, 4.69) is 15.6 Å². The van der Waals surface area contributed by atoms with Crippen molar-refractivity contribution in [2.75, 3.05) is 13.2 Å². The van der Waals surface area contributed by atoms with Crippen molar-refractivity contribution < 1.29 is 14.3 Å². The molecule has 0 spiro atoms. The third-order valence-corrected chi connectivity index (χ3v) is 3.54. The predicted octanol–water partition coefficient (Wildman–Crippen LogP) is 3.49. The van der Waals surface area contributed by atoms with Gasteiger partial charge in [0.2, 0.25) is 0 Å². The fourth-order valence-corrected chi connectivity index (χ4v) is 2.49. The Labute approximate surface area is 173 Å². The van der Waals surface area contributed by atoms with Crippen LogP contribution in [0.3, 0.4) is 0 Å². The maximum absolute atomic E-state index is 12.0. The van der Waals surface area contributed by atoms with E-state index in [1.165, 1.54) is 0 Å². The Morgan fingerprint density at radius 3 is 2.50 bits per heavy atom. The van der Waals surface area contributed by atoms with E-state index in [1.807, 2.05) is 64.1 Å². The zero-order valence-electron chi connectivity index (χ0n) is 17.0. The van der Waals surface area contributed by atoms with Gasteiger partial charge in [0.05, 0.1) is 12.3 Å². The van der Waals surface area contributed by atoms with Gasteiger partial charge in [0.25, 0.3) is 5.91 Å². The molecule has 0 bridgehead atoms. The van der Waals surface area contributed by atoms with Gasteiger partial charge in [-0.1, -0.05) is 12.1 Å². The Morgan fingerprint density at radius 1 is 1.07 bits per heavy atom. The number of hydrogen-bond acceptors (Lipinski definition) is 5. The molecule has 0 aliphatic carbocycles. The Balaban J connectivity index is 0.00000392. The van der Waals surface area contributed by atoms with E-state index in [4.69, 9.17) is 9.47 Å². The quantitative estimate of drug-likeness (QED) is 0.665. The van der Waals surface area contributed by atoms with Crippen molar-refractivity contribution in [2.45, 2.75) is 46.3 Å². The lowest BCUT2D eigenvalue weighted by Gasteiger charge is -2.21. The monoisotopic (exact) mass is 407 g/mol. The van der Waals surface area contributed by atoms with Crippen molar-refractivity contribution >= 4 is 18.3 Å². The molecule has 7 heteroatoms. The van der Waals surface area contributed by atoms with E-state index in [9.17, 15) is 4.79 Å². The van der Waals surface area contributed by atoms with E-state index in [0.29, 0.717) is 31.2 Å². The maximum atomic E-state index is 12.0. The highest BCUT2D eigenvalue weighted by Gasteiger charge is 2.15. The summed E-state index contributed by atoms with van der Waals surface area (Å²) in [5.74, 6) is 1.04. The first-order valence-electron chi connectivity index (χ1n) is 9.17. The molecule has 0 unspecified atom stereocenters. The molecule has 0 aliphatic rings. The molecule has 0 atom stereocenters. The molecule has 2 rings (SSSR count). The Bertz CT molecular complexity index is 733. The molecule has 0 aliphatic heterocycles. The number of halogens is 1. The van der Waals surface area contributed by atoms with Crippen LogP contribution < -0.4 is 20.1 Å². The number of rotatable bonds is 9. The predicted molar refractivity (Wildman–Crippen MR) is 113 cm³/mol. The smallest absolute Gasteiger partial charge is 0.258 e. The third kappa shape index (κ3) is 8.59. The molecular weight excluding hydrogens is 378 g/mol. The molecule has 1 amide bonds. The minimum Gasteiger partial charge on any atom is -0.490 e.